The second-order valence-electron chi connectivity index (χ2n) is 5.50. The largest absolute Gasteiger partial charge is 0.315 e. The van der Waals surface area contributed by atoms with Crippen molar-refractivity contribution in [1.29, 1.82) is 0 Å². The molecule has 0 saturated carbocycles. The van der Waals surface area contributed by atoms with Crippen LogP contribution in [-0.2, 0) is 0 Å². The minimum absolute atomic E-state index is 0.211. The molecular weight excluding hydrogens is 285 g/mol. The lowest BCUT2D eigenvalue weighted by molar-refractivity contribution is 0.618. The molecule has 1 nitrogen and oxygen atoms in total. The summed E-state index contributed by atoms with van der Waals surface area (Å²) in [6.45, 7) is 23.9. The molecule has 0 saturated heterocycles. The van der Waals surface area contributed by atoms with E-state index in [9.17, 15) is 4.39 Å². The molecule has 0 aromatic heterocycles. The van der Waals surface area contributed by atoms with Gasteiger partial charge in [-0.1, -0.05) is 53.5 Å². The first-order chi connectivity index (χ1) is 10.8. The fourth-order valence-corrected chi connectivity index (χ4v) is 1.93. The number of nitrogens with zero attached hydrogens (tertiary/aromatic N) is 1. The van der Waals surface area contributed by atoms with Crippen molar-refractivity contribution in [3.05, 3.63) is 78.4 Å². The normalized spacial score (nSPS) is 10.7. The molecule has 1 aromatic carbocycles. The predicted molar refractivity (Wildman–Crippen MR) is 102 cm³/mol. The zero-order valence-corrected chi connectivity index (χ0v) is 15.4. The summed E-state index contributed by atoms with van der Waals surface area (Å²) in [5.41, 5.74) is 4.19. The third-order valence-electron chi connectivity index (χ3n) is 3.36. The first-order valence-corrected chi connectivity index (χ1v) is 8.02. The van der Waals surface area contributed by atoms with E-state index in [0.29, 0.717) is 5.56 Å². The van der Waals surface area contributed by atoms with Gasteiger partial charge in [0, 0.05) is 17.1 Å². The van der Waals surface area contributed by atoms with Crippen molar-refractivity contribution < 1.29 is 4.39 Å². The number of hydrogen-bond donors (Lipinski definition) is 0. The SMILES string of the molecule is C=C/C(C)=C/C(=C)N(C(=C)C(C)C)c1ccc(F)c(C)c1.CC. The molecule has 0 aliphatic rings. The van der Waals surface area contributed by atoms with Crippen LogP contribution in [0.1, 0.15) is 40.2 Å². The van der Waals surface area contributed by atoms with Gasteiger partial charge in [-0.05, 0) is 55.2 Å². The minimum Gasteiger partial charge on any atom is -0.315 e. The molecule has 0 aliphatic carbocycles. The molecule has 23 heavy (non-hydrogen) atoms. The third-order valence-corrected chi connectivity index (χ3v) is 3.36. The number of hydrogen-bond acceptors (Lipinski definition) is 1. The van der Waals surface area contributed by atoms with E-state index in [0.717, 1.165) is 22.7 Å². The lowest BCUT2D eigenvalue weighted by Gasteiger charge is -2.30. The van der Waals surface area contributed by atoms with E-state index in [1.54, 1.807) is 19.1 Å². The van der Waals surface area contributed by atoms with Crippen LogP contribution in [-0.4, -0.2) is 0 Å². The van der Waals surface area contributed by atoms with E-state index in [2.05, 4.69) is 33.6 Å². The number of allylic oxidation sites excluding steroid dienone is 4. The molecule has 2 heteroatoms. The molecule has 0 N–H and O–H groups in total. The van der Waals surface area contributed by atoms with Crippen LogP contribution in [0.25, 0.3) is 0 Å². The van der Waals surface area contributed by atoms with Gasteiger partial charge in [0.1, 0.15) is 5.82 Å². The van der Waals surface area contributed by atoms with Crippen LogP contribution < -0.4 is 4.90 Å². The van der Waals surface area contributed by atoms with Crippen LogP contribution in [0.5, 0.6) is 0 Å². The van der Waals surface area contributed by atoms with Crippen LogP contribution in [0.15, 0.2) is 67.1 Å². The van der Waals surface area contributed by atoms with Crippen molar-refractivity contribution in [3.63, 3.8) is 0 Å². The first kappa shape index (κ1) is 20.9. The summed E-state index contributed by atoms with van der Waals surface area (Å²) in [5.74, 6) is 0.0434. The topological polar surface area (TPSA) is 3.24 Å². The summed E-state index contributed by atoms with van der Waals surface area (Å²) in [6.07, 6.45) is 3.72. The second-order valence-corrected chi connectivity index (χ2v) is 5.50. The molecule has 0 spiro atoms. The highest BCUT2D eigenvalue weighted by molar-refractivity contribution is 5.61. The highest BCUT2D eigenvalue weighted by Crippen LogP contribution is 2.29. The average Bonchev–Trinajstić information content (AvgIpc) is 2.52. The Morgan fingerprint density at radius 1 is 1.22 bits per heavy atom. The fourth-order valence-electron chi connectivity index (χ4n) is 1.93. The standard InChI is InChI=1S/C19H24FN.C2H6/c1-8-14(4)11-16(6)21(17(7)13(2)3)18-9-10-19(20)15(5)12-18;1-2/h8-13H,1,6-7H2,2-5H3;1-2H3/b14-11+;. The maximum Gasteiger partial charge on any atom is 0.126 e. The summed E-state index contributed by atoms with van der Waals surface area (Å²) in [6, 6.07) is 5.03. The van der Waals surface area contributed by atoms with Gasteiger partial charge in [0.15, 0.2) is 0 Å². The van der Waals surface area contributed by atoms with E-state index in [1.807, 2.05) is 37.8 Å². The Labute approximate surface area is 141 Å². The van der Waals surface area contributed by atoms with E-state index < -0.39 is 0 Å². The number of rotatable bonds is 6. The van der Waals surface area contributed by atoms with Crippen molar-refractivity contribution in [2.75, 3.05) is 4.90 Å². The van der Waals surface area contributed by atoms with Gasteiger partial charge in [0.2, 0.25) is 0 Å². The fraction of sp³-hybridized carbons (Fsp3) is 0.333. The van der Waals surface area contributed by atoms with Gasteiger partial charge in [0.25, 0.3) is 0 Å². The minimum atomic E-state index is -0.211. The molecule has 1 rings (SSSR count). The van der Waals surface area contributed by atoms with Crippen molar-refractivity contribution in [1.82, 2.24) is 0 Å². The smallest absolute Gasteiger partial charge is 0.126 e. The molecule has 0 amide bonds. The van der Waals surface area contributed by atoms with Crippen molar-refractivity contribution in [3.8, 4) is 0 Å². The summed E-state index contributed by atoms with van der Waals surface area (Å²) in [4.78, 5) is 1.96. The molecule has 0 heterocycles. The van der Waals surface area contributed by atoms with E-state index in [-0.39, 0.29) is 11.7 Å². The number of aryl methyl sites for hydroxylation is 1. The van der Waals surface area contributed by atoms with Gasteiger partial charge in [-0.3, -0.25) is 0 Å². The Balaban J connectivity index is 0.00000232. The molecule has 0 aliphatic heterocycles. The lowest BCUT2D eigenvalue weighted by atomic mass is 10.1. The molecule has 0 radical (unpaired) electrons. The second kappa shape index (κ2) is 9.83. The molecule has 0 bridgehead atoms. The van der Waals surface area contributed by atoms with Crippen LogP contribution in [0.2, 0.25) is 0 Å². The Morgan fingerprint density at radius 2 is 1.78 bits per heavy atom. The monoisotopic (exact) mass is 315 g/mol. The number of benzene rings is 1. The summed E-state index contributed by atoms with van der Waals surface area (Å²) in [7, 11) is 0. The van der Waals surface area contributed by atoms with Crippen LogP contribution >= 0.6 is 0 Å². The lowest BCUT2D eigenvalue weighted by Crippen LogP contribution is -2.23. The molecular formula is C21H30FN. The van der Waals surface area contributed by atoms with Crippen LogP contribution in [0, 0.1) is 18.7 Å². The molecule has 126 valence electrons. The maximum absolute atomic E-state index is 13.5. The first-order valence-electron chi connectivity index (χ1n) is 8.02. The van der Waals surface area contributed by atoms with E-state index in [1.165, 1.54) is 6.07 Å². The molecule has 0 atom stereocenters. The van der Waals surface area contributed by atoms with Gasteiger partial charge < -0.3 is 4.90 Å². The van der Waals surface area contributed by atoms with E-state index >= 15 is 0 Å². The summed E-state index contributed by atoms with van der Waals surface area (Å²) < 4.78 is 13.5. The quantitative estimate of drug-likeness (QED) is 0.523. The molecule has 0 unspecified atom stereocenters. The van der Waals surface area contributed by atoms with Crippen LogP contribution in [0.4, 0.5) is 10.1 Å². The number of halogens is 1. The highest BCUT2D eigenvalue weighted by atomic mass is 19.1. The zero-order valence-electron chi connectivity index (χ0n) is 15.4. The van der Waals surface area contributed by atoms with Gasteiger partial charge >= 0.3 is 0 Å². The van der Waals surface area contributed by atoms with Gasteiger partial charge in [-0.15, -0.1) is 0 Å². The Bertz CT molecular complexity index is 594. The number of anilines is 1. The Hall–Kier alpha value is -2.09. The van der Waals surface area contributed by atoms with Crippen molar-refractivity contribution in [2.45, 2.75) is 41.5 Å². The van der Waals surface area contributed by atoms with Crippen molar-refractivity contribution in [2.24, 2.45) is 5.92 Å². The van der Waals surface area contributed by atoms with Crippen molar-refractivity contribution >= 4 is 5.69 Å². The van der Waals surface area contributed by atoms with Gasteiger partial charge in [0.05, 0.1) is 0 Å². The molecule has 0 fully saturated rings. The van der Waals surface area contributed by atoms with E-state index in [4.69, 9.17) is 0 Å². The predicted octanol–water partition coefficient (Wildman–Crippen LogP) is 6.78. The van der Waals surface area contributed by atoms with Crippen LogP contribution in [0.3, 0.4) is 0 Å². The zero-order chi connectivity index (χ0) is 18.2. The Kier molecular flexibility index (Phi) is 8.94. The Morgan fingerprint density at radius 3 is 2.22 bits per heavy atom. The third kappa shape index (κ3) is 5.90. The molecule has 1 aromatic rings. The summed E-state index contributed by atoms with van der Waals surface area (Å²) >= 11 is 0. The van der Waals surface area contributed by atoms with Gasteiger partial charge in [-0.2, -0.15) is 0 Å². The maximum atomic E-state index is 13.5. The average molecular weight is 315 g/mol. The highest BCUT2D eigenvalue weighted by Gasteiger charge is 2.16. The summed E-state index contributed by atoms with van der Waals surface area (Å²) in [5, 5.41) is 0. The van der Waals surface area contributed by atoms with Gasteiger partial charge in [-0.25, -0.2) is 4.39 Å².